The molecule has 1 amide bonds. The van der Waals surface area contributed by atoms with Crippen LogP contribution in [-0.2, 0) is 0 Å². The molecule has 1 aromatic rings. The molecule has 18 heavy (non-hydrogen) atoms. The minimum atomic E-state index is -0.130. The predicted octanol–water partition coefficient (Wildman–Crippen LogP) is 1.44. The van der Waals surface area contributed by atoms with Gasteiger partial charge in [-0.1, -0.05) is 13.8 Å². The van der Waals surface area contributed by atoms with Gasteiger partial charge in [-0.25, -0.2) is 0 Å². The van der Waals surface area contributed by atoms with Crippen molar-refractivity contribution in [2.24, 2.45) is 0 Å². The normalized spacial score (nSPS) is 10.7. The number of nitrogens with one attached hydrogen (secondary N) is 2. The number of nitrogens with zero attached hydrogens (tertiary/aromatic N) is 1. The number of thiophene rings is 1. The topological polar surface area (TPSA) is 70.4 Å². The number of hydrogen-bond donors (Lipinski definition) is 3. The summed E-state index contributed by atoms with van der Waals surface area (Å²) < 4.78 is 0. The lowest BCUT2D eigenvalue weighted by Crippen LogP contribution is -2.28. The second-order valence-corrected chi connectivity index (χ2v) is 4.98. The fourth-order valence-corrected chi connectivity index (χ4v) is 2.61. The van der Waals surface area contributed by atoms with Gasteiger partial charge in [-0.15, -0.1) is 11.3 Å². The van der Waals surface area contributed by atoms with Gasteiger partial charge in [-0.3, -0.25) is 4.79 Å². The molecule has 5 nitrogen and oxygen atoms in total. The van der Waals surface area contributed by atoms with E-state index < -0.39 is 0 Å². The van der Waals surface area contributed by atoms with Crippen molar-refractivity contribution >= 4 is 27.9 Å². The number of anilines is 2. The third-order valence-electron chi connectivity index (χ3n) is 2.82. The maximum Gasteiger partial charge on any atom is 0.263 e. The van der Waals surface area contributed by atoms with Crippen LogP contribution in [0.3, 0.4) is 0 Å². The van der Waals surface area contributed by atoms with E-state index in [1.54, 1.807) is 7.05 Å². The van der Waals surface area contributed by atoms with Crippen molar-refractivity contribution in [3.05, 3.63) is 10.9 Å². The van der Waals surface area contributed by atoms with Crippen LogP contribution in [0.1, 0.15) is 23.5 Å². The van der Waals surface area contributed by atoms with Crippen molar-refractivity contribution in [3.63, 3.8) is 0 Å². The summed E-state index contributed by atoms with van der Waals surface area (Å²) in [5.74, 6) is -0.130. The molecule has 0 atom stereocenters. The number of amides is 1. The molecular formula is C12H22N4OS. The second kappa shape index (κ2) is 7.23. The van der Waals surface area contributed by atoms with Gasteiger partial charge < -0.3 is 21.3 Å². The lowest BCUT2D eigenvalue weighted by Gasteiger charge is -2.17. The van der Waals surface area contributed by atoms with Crippen LogP contribution in [0.15, 0.2) is 6.07 Å². The molecule has 0 saturated heterocycles. The molecule has 0 spiro atoms. The summed E-state index contributed by atoms with van der Waals surface area (Å²) in [6, 6.07) is 1.82. The zero-order chi connectivity index (χ0) is 13.5. The first-order valence-corrected chi connectivity index (χ1v) is 7.01. The number of carbonyl (C=O) groups is 1. The Hall–Kier alpha value is -1.27. The fraction of sp³-hybridized carbons (Fsp3) is 0.583. The van der Waals surface area contributed by atoms with E-state index in [9.17, 15) is 4.79 Å². The van der Waals surface area contributed by atoms with Crippen LogP contribution < -0.4 is 16.4 Å². The van der Waals surface area contributed by atoms with Crippen LogP contribution in [0.4, 0.5) is 10.7 Å². The Morgan fingerprint density at radius 1 is 1.44 bits per heavy atom. The molecule has 4 N–H and O–H groups in total. The van der Waals surface area contributed by atoms with Crippen molar-refractivity contribution in [2.75, 3.05) is 44.3 Å². The smallest absolute Gasteiger partial charge is 0.263 e. The largest absolute Gasteiger partial charge is 0.397 e. The average Bonchev–Trinajstić information content (AvgIpc) is 2.75. The minimum absolute atomic E-state index is 0.130. The summed E-state index contributed by atoms with van der Waals surface area (Å²) >= 11 is 1.39. The van der Waals surface area contributed by atoms with E-state index in [-0.39, 0.29) is 5.91 Å². The first kappa shape index (κ1) is 14.8. The molecule has 0 unspecified atom stereocenters. The molecule has 1 rings (SSSR count). The van der Waals surface area contributed by atoms with E-state index >= 15 is 0 Å². The fourth-order valence-electron chi connectivity index (χ4n) is 1.66. The van der Waals surface area contributed by atoms with Crippen LogP contribution in [0, 0.1) is 0 Å². The summed E-state index contributed by atoms with van der Waals surface area (Å²) in [7, 11) is 1.61. The summed E-state index contributed by atoms with van der Waals surface area (Å²) in [5.41, 5.74) is 6.33. The Kier molecular flexibility index (Phi) is 5.94. The van der Waals surface area contributed by atoms with Gasteiger partial charge in [0.25, 0.3) is 5.91 Å². The molecule has 0 aliphatic carbocycles. The highest BCUT2D eigenvalue weighted by Crippen LogP contribution is 2.28. The summed E-state index contributed by atoms with van der Waals surface area (Å²) in [6.45, 7) is 8.24. The molecule has 0 saturated carbocycles. The zero-order valence-electron chi connectivity index (χ0n) is 11.2. The Balaban J connectivity index is 2.51. The number of carbonyl (C=O) groups excluding carboxylic acids is 1. The average molecular weight is 270 g/mol. The Morgan fingerprint density at radius 3 is 2.67 bits per heavy atom. The summed E-state index contributed by atoms with van der Waals surface area (Å²) in [4.78, 5) is 14.4. The van der Waals surface area contributed by atoms with Crippen LogP contribution >= 0.6 is 11.3 Å². The highest BCUT2D eigenvalue weighted by atomic mass is 32.1. The Morgan fingerprint density at radius 2 is 2.11 bits per heavy atom. The highest BCUT2D eigenvalue weighted by Gasteiger charge is 2.12. The molecule has 1 heterocycles. The van der Waals surface area contributed by atoms with Gasteiger partial charge in [-0.2, -0.15) is 0 Å². The van der Waals surface area contributed by atoms with Gasteiger partial charge in [0.1, 0.15) is 4.88 Å². The first-order chi connectivity index (χ1) is 8.62. The van der Waals surface area contributed by atoms with Gasteiger partial charge in [0.2, 0.25) is 0 Å². The molecule has 102 valence electrons. The maximum absolute atomic E-state index is 11.5. The quantitative estimate of drug-likeness (QED) is 0.701. The Bertz CT molecular complexity index is 387. The minimum Gasteiger partial charge on any atom is -0.397 e. The number of nitrogens with two attached hydrogens (primary N) is 1. The maximum atomic E-state index is 11.5. The van der Waals surface area contributed by atoms with Crippen LogP contribution in [-0.4, -0.2) is 44.0 Å². The molecule has 6 heteroatoms. The summed E-state index contributed by atoms with van der Waals surface area (Å²) in [5, 5.41) is 6.83. The van der Waals surface area contributed by atoms with Gasteiger partial charge in [0.15, 0.2) is 0 Å². The third kappa shape index (κ3) is 3.89. The summed E-state index contributed by atoms with van der Waals surface area (Å²) in [6.07, 6.45) is 0. The molecule has 0 radical (unpaired) electrons. The predicted molar refractivity (Wildman–Crippen MR) is 78.4 cm³/mol. The standard InChI is InChI=1S/C12H22N4OS/c1-4-16(5-2)7-6-15-10-8-9(13)11(18-10)12(17)14-3/h8,15H,4-7,13H2,1-3H3,(H,14,17). The molecule has 0 bridgehead atoms. The van der Waals surface area contributed by atoms with E-state index in [1.165, 1.54) is 11.3 Å². The van der Waals surface area contributed by atoms with Crippen molar-refractivity contribution in [3.8, 4) is 0 Å². The molecule has 0 aliphatic heterocycles. The molecule has 0 aromatic carbocycles. The van der Waals surface area contributed by atoms with Crippen molar-refractivity contribution < 1.29 is 4.79 Å². The van der Waals surface area contributed by atoms with Gasteiger partial charge in [0.05, 0.1) is 10.7 Å². The number of rotatable bonds is 7. The van der Waals surface area contributed by atoms with Crippen molar-refractivity contribution in [1.29, 1.82) is 0 Å². The number of likely N-dealkylation sites (N-methyl/N-ethyl adjacent to an activating group) is 1. The molecule has 0 aliphatic rings. The van der Waals surface area contributed by atoms with Gasteiger partial charge in [0, 0.05) is 20.1 Å². The second-order valence-electron chi connectivity index (χ2n) is 3.93. The molecule has 0 fully saturated rings. The SMILES string of the molecule is CCN(CC)CCNc1cc(N)c(C(=O)NC)s1. The van der Waals surface area contributed by atoms with E-state index in [2.05, 4.69) is 29.4 Å². The van der Waals surface area contributed by atoms with E-state index in [0.29, 0.717) is 10.6 Å². The number of nitrogen functional groups attached to an aromatic ring is 1. The van der Waals surface area contributed by atoms with E-state index in [1.807, 2.05) is 6.07 Å². The van der Waals surface area contributed by atoms with Gasteiger partial charge >= 0.3 is 0 Å². The zero-order valence-corrected chi connectivity index (χ0v) is 12.1. The number of hydrogen-bond acceptors (Lipinski definition) is 5. The van der Waals surface area contributed by atoms with Crippen molar-refractivity contribution in [1.82, 2.24) is 10.2 Å². The van der Waals surface area contributed by atoms with Crippen LogP contribution in [0.5, 0.6) is 0 Å². The third-order valence-corrected chi connectivity index (χ3v) is 3.92. The van der Waals surface area contributed by atoms with E-state index in [0.717, 1.165) is 31.2 Å². The Labute approximate surface area is 112 Å². The first-order valence-electron chi connectivity index (χ1n) is 6.19. The van der Waals surface area contributed by atoms with Crippen LogP contribution in [0.2, 0.25) is 0 Å². The van der Waals surface area contributed by atoms with E-state index in [4.69, 9.17) is 5.73 Å². The molecular weight excluding hydrogens is 248 g/mol. The monoisotopic (exact) mass is 270 g/mol. The lowest BCUT2D eigenvalue weighted by atomic mass is 10.4. The highest BCUT2D eigenvalue weighted by molar-refractivity contribution is 7.18. The van der Waals surface area contributed by atoms with Crippen molar-refractivity contribution in [2.45, 2.75) is 13.8 Å². The molecule has 1 aromatic heterocycles. The van der Waals surface area contributed by atoms with Crippen LogP contribution in [0.25, 0.3) is 0 Å². The lowest BCUT2D eigenvalue weighted by molar-refractivity contribution is 0.0968. The van der Waals surface area contributed by atoms with Gasteiger partial charge in [-0.05, 0) is 19.2 Å².